The van der Waals surface area contributed by atoms with E-state index in [1.807, 2.05) is 0 Å². The van der Waals surface area contributed by atoms with Crippen molar-refractivity contribution in [2.75, 3.05) is 7.11 Å². The van der Waals surface area contributed by atoms with Gasteiger partial charge >= 0.3 is 30.5 Å². The summed E-state index contributed by atoms with van der Waals surface area (Å²) in [4.78, 5) is 64.5. The van der Waals surface area contributed by atoms with Crippen LogP contribution in [0.3, 0.4) is 0 Å². The molecule has 0 aliphatic heterocycles. The number of esters is 3. The van der Waals surface area contributed by atoms with Crippen molar-refractivity contribution in [3.05, 3.63) is 95.2 Å². The van der Waals surface area contributed by atoms with Gasteiger partial charge in [-0.05, 0) is 135 Å². The fourth-order valence-corrected chi connectivity index (χ4v) is 6.89. The molecule has 292 valence electrons. The van der Waals surface area contributed by atoms with Crippen LogP contribution in [0.5, 0.6) is 28.7 Å². The number of carbonyl (C=O) groups excluding carboxylic acids is 4. The molecule has 0 saturated heterocycles. The van der Waals surface area contributed by atoms with E-state index in [0.717, 1.165) is 25.3 Å². The summed E-state index contributed by atoms with van der Waals surface area (Å²) in [5.74, 6) is -7.89. The smallest absolute Gasteiger partial charge is 0.387 e. The topological polar surface area (TPSA) is 192 Å². The number of ether oxygens (including phenoxy) is 5. The second-order valence-corrected chi connectivity index (χ2v) is 13.6. The molecule has 0 saturated carbocycles. The van der Waals surface area contributed by atoms with Crippen molar-refractivity contribution >= 4 is 45.6 Å². The molecule has 0 spiro atoms. The highest BCUT2D eigenvalue weighted by molar-refractivity contribution is 9.10. The summed E-state index contributed by atoms with van der Waals surface area (Å²) in [6, 6.07) is 1.10. The molecule has 3 aromatic carbocycles. The second-order valence-electron chi connectivity index (χ2n) is 12.8. The van der Waals surface area contributed by atoms with Gasteiger partial charge in [0.2, 0.25) is 5.60 Å². The number of hydrogen-bond donors (Lipinski definition) is 3. The summed E-state index contributed by atoms with van der Waals surface area (Å²) < 4.78 is 53.8. The van der Waals surface area contributed by atoms with Gasteiger partial charge in [-0.3, -0.25) is 4.79 Å². The first-order valence-electron chi connectivity index (χ1n) is 16.3. The number of carbonyl (C=O) groups is 5. The number of hydrogen-bond acceptors (Lipinski definition) is 12. The molecule has 0 amide bonds. The Bertz CT molecular complexity index is 2210. The number of aliphatic hydroxyl groups is 1. The number of rotatable bonds is 10. The summed E-state index contributed by atoms with van der Waals surface area (Å²) in [7, 11) is 1.14. The summed E-state index contributed by atoms with van der Waals surface area (Å²) in [5, 5.41) is 32.1. The molecule has 0 bridgehead atoms. The lowest BCUT2D eigenvalue weighted by Gasteiger charge is -2.30. The highest BCUT2D eigenvalue weighted by Gasteiger charge is 2.48. The van der Waals surface area contributed by atoms with Gasteiger partial charge in [0.25, 0.3) is 0 Å². The molecular formula is C39H37BrF2O13. The normalized spacial score (nSPS) is 15.3. The van der Waals surface area contributed by atoms with Crippen molar-refractivity contribution in [2.24, 2.45) is 0 Å². The first-order valence-corrected chi connectivity index (χ1v) is 17.1. The molecule has 1 aliphatic carbocycles. The fraction of sp³-hybridized carbons (Fsp3) is 0.308. The third-order valence-corrected chi connectivity index (χ3v) is 10.4. The fourth-order valence-electron chi connectivity index (χ4n) is 6.31. The quantitative estimate of drug-likeness (QED) is 0.139. The average molecular weight is 832 g/mol. The molecule has 0 heterocycles. The second kappa shape index (κ2) is 15.6. The van der Waals surface area contributed by atoms with Crippen molar-refractivity contribution in [3.8, 4) is 28.7 Å². The molecule has 3 N–H and O–H groups in total. The average Bonchev–Trinajstić information content (AvgIpc) is 3.09. The maximum Gasteiger partial charge on any atom is 0.387 e. The molecular weight excluding hydrogens is 794 g/mol. The van der Waals surface area contributed by atoms with Gasteiger partial charge in [0, 0.05) is 11.6 Å². The summed E-state index contributed by atoms with van der Waals surface area (Å²) in [6.07, 6.45) is 1.93. The lowest BCUT2D eigenvalue weighted by Crippen LogP contribution is -2.47. The van der Waals surface area contributed by atoms with Crippen LogP contribution in [0.1, 0.15) is 82.5 Å². The Morgan fingerprint density at radius 2 is 1.25 bits per heavy atom. The first kappa shape index (κ1) is 42.1. The molecule has 1 aliphatic rings. The van der Waals surface area contributed by atoms with Crippen molar-refractivity contribution in [1.82, 2.24) is 0 Å². The summed E-state index contributed by atoms with van der Waals surface area (Å²) >= 11 is 3.11. The predicted octanol–water partition coefficient (Wildman–Crippen LogP) is 7.06. The van der Waals surface area contributed by atoms with Crippen LogP contribution in [-0.2, 0) is 14.3 Å². The molecule has 4 rings (SSSR count). The van der Waals surface area contributed by atoms with Crippen molar-refractivity contribution in [3.63, 3.8) is 0 Å². The molecule has 0 unspecified atom stereocenters. The zero-order chi connectivity index (χ0) is 41.6. The zero-order valence-corrected chi connectivity index (χ0v) is 33.0. The number of aromatic hydroxyl groups is 1. The third kappa shape index (κ3) is 7.43. The Morgan fingerprint density at radius 1 is 0.727 bits per heavy atom. The van der Waals surface area contributed by atoms with Crippen molar-refractivity contribution in [1.29, 1.82) is 0 Å². The summed E-state index contributed by atoms with van der Waals surface area (Å²) in [6.45, 7) is 9.65. The lowest BCUT2D eigenvalue weighted by molar-refractivity contribution is -0.151. The van der Waals surface area contributed by atoms with Gasteiger partial charge in [-0.2, -0.15) is 8.78 Å². The minimum Gasteiger partial charge on any atom is -0.506 e. The number of halogens is 3. The highest BCUT2D eigenvalue weighted by Crippen LogP contribution is 2.45. The Morgan fingerprint density at radius 3 is 1.78 bits per heavy atom. The number of benzene rings is 3. The number of phenolic OH excluding ortho intramolecular Hbond substituents is 1. The number of alkyl halides is 2. The number of methoxy groups -OCH3 is 1. The molecule has 0 aromatic heterocycles. The van der Waals surface area contributed by atoms with Gasteiger partial charge in [0.05, 0.1) is 18.2 Å². The summed E-state index contributed by atoms with van der Waals surface area (Å²) in [5.41, 5.74) is -1.68. The number of aryl methyl sites for hydroxylation is 1. The van der Waals surface area contributed by atoms with E-state index in [0.29, 0.717) is 22.3 Å². The SMILES string of the molecule is COC1=CC(=O)C=C(C)[C@]1(O)C(=O)Oc1c(C)c(C)c(C(=O)Oc2cc(C)c(C(=O)Oc3c(C)c(C)c(C(=O)O)c(C)c3C)c(C)c2OC(F)F)c(O)c1Br. The molecule has 16 heteroatoms. The molecule has 55 heavy (non-hydrogen) atoms. The number of phenols is 1. The van der Waals surface area contributed by atoms with Crippen LogP contribution in [0.15, 0.2) is 34.0 Å². The van der Waals surface area contributed by atoms with E-state index >= 15 is 0 Å². The lowest BCUT2D eigenvalue weighted by atomic mass is 9.87. The van der Waals surface area contributed by atoms with E-state index < -0.39 is 70.4 Å². The zero-order valence-electron chi connectivity index (χ0n) is 31.4. The van der Waals surface area contributed by atoms with Gasteiger partial charge in [-0.25, -0.2) is 19.2 Å². The Balaban J connectivity index is 1.74. The predicted molar refractivity (Wildman–Crippen MR) is 195 cm³/mol. The third-order valence-electron chi connectivity index (χ3n) is 9.66. The molecule has 3 aromatic rings. The van der Waals surface area contributed by atoms with Crippen LogP contribution in [-0.4, -0.2) is 64.3 Å². The molecule has 0 radical (unpaired) electrons. The number of carboxylic acid groups (broad SMARTS) is 1. The van der Waals surface area contributed by atoms with E-state index in [2.05, 4.69) is 15.9 Å². The van der Waals surface area contributed by atoms with Crippen LogP contribution in [0.25, 0.3) is 0 Å². The first-order chi connectivity index (χ1) is 25.5. The van der Waals surface area contributed by atoms with Crippen LogP contribution >= 0.6 is 15.9 Å². The Hall–Kier alpha value is -5.61. The largest absolute Gasteiger partial charge is 0.506 e. The van der Waals surface area contributed by atoms with Gasteiger partial charge in [-0.15, -0.1) is 0 Å². The molecule has 13 nitrogen and oxygen atoms in total. The van der Waals surface area contributed by atoms with Gasteiger partial charge in [0.1, 0.15) is 27.3 Å². The number of aromatic carboxylic acids is 1. The maximum absolute atomic E-state index is 13.8. The van der Waals surface area contributed by atoms with E-state index in [4.69, 9.17) is 23.7 Å². The monoisotopic (exact) mass is 830 g/mol. The van der Waals surface area contributed by atoms with E-state index in [1.165, 1.54) is 34.6 Å². The number of allylic oxidation sites excluding steroid dienone is 2. The van der Waals surface area contributed by atoms with Crippen molar-refractivity contribution < 1.29 is 71.8 Å². The number of carboxylic acids is 1. The number of ketones is 1. The molecule has 0 fully saturated rings. The Labute approximate surface area is 322 Å². The van der Waals surface area contributed by atoms with Crippen LogP contribution in [0.4, 0.5) is 8.78 Å². The van der Waals surface area contributed by atoms with E-state index in [-0.39, 0.29) is 54.9 Å². The van der Waals surface area contributed by atoms with Crippen LogP contribution in [0.2, 0.25) is 0 Å². The van der Waals surface area contributed by atoms with E-state index in [1.54, 1.807) is 27.7 Å². The van der Waals surface area contributed by atoms with Gasteiger partial charge in [0.15, 0.2) is 23.0 Å². The molecule has 1 atom stereocenters. The minimum atomic E-state index is -3.44. The van der Waals surface area contributed by atoms with Crippen molar-refractivity contribution in [2.45, 2.75) is 74.5 Å². The highest BCUT2D eigenvalue weighted by atomic mass is 79.9. The van der Waals surface area contributed by atoms with E-state index in [9.17, 15) is 48.1 Å². The standard InChI is InChI=1S/C39H37BrF2O13/c1-14-11-24(32(55-38(41)42)22(9)26(14)35(47)53-31-19(6)16(3)27(34(45)46)17(4)20(31)7)52-36(48)28-18(5)21(8)33(29(40)30(28)44)54-37(49)39(50)15(2)12-23(43)13-25(39)51-10/h11-13,38,44,50H,1-10H3,(H,45,46)/t39-/m1/s1. The Kier molecular flexibility index (Phi) is 12.0. The maximum atomic E-state index is 13.8. The van der Waals surface area contributed by atoms with Crippen LogP contribution < -0.4 is 18.9 Å². The minimum absolute atomic E-state index is 0.0179. The van der Waals surface area contributed by atoms with Gasteiger partial charge < -0.3 is 39.0 Å². The van der Waals surface area contributed by atoms with Crippen LogP contribution in [0, 0.1) is 55.4 Å². The van der Waals surface area contributed by atoms with Gasteiger partial charge in [-0.1, -0.05) is 0 Å².